The van der Waals surface area contributed by atoms with Crippen molar-refractivity contribution in [2.75, 3.05) is 11.4 Å². The second-order valence-corrected chi connectivity index (χ2v) is 6.52. The van der Waals surface area contributed by atoms with Crippen molar-refractivity contribution in [1.29, 1.82) is 0 Å². The minimum Gasteiger partial charge on any atom is -0.366 e. The lowest BCUT2D eigenvalue weighted by atomic mass is 9.85. The molecule has 3 atom stereocenters. The predicted molar refractivity (Wildman–Crippen MR) is 81.5 cm³/mol. The molecule has 2 aliphatic rings. The van der Waals surface area contributed by atoms with Crippen LogP contribution < -0.4 is 10.6 Å². The van der Waals surface area contributed by atoms with Crippen LogP contribution in [0.25, 0.3) is 0 Å². The Balaban J connectivity index is 1.92. The fraction of sp³-hybridized carbons (Fsp3) is 0.647. The lowest BCUT2D eigenvalue weighted by molar-refractivity contribution is 0.341. The first kappa shape index (κ1) is 13.9. The van der Waals surface area contributed by atoms with Gasteiger partial charge in [-0.3, -0.25) is 0 Å². The molecule has 1 aliphatic heterocycles. The normalized spacial score (nSPS) is 27.4. The fourth-order valence-corrected chi connectivity index (χ4v) is 4.08. The van der Waals surface area contributed by atoms with E-state index in [1.54, 1.807) is 6.07 Å². The van der Waals surface area contributed by atoms with E-state index in [1.807, 2.05) is 19.1 Å². The van der Waals surface area contributed by atoms with E-state index < -0.39 is 0 Å². The SMILES string of the molecule is CC(N)Cc1cccc(F)c1N1CCC2CCCCC21. The van der Waals surface area contributed by atoms with E-state index in [0.717, 1.165) is 30.1 Å². The molecule has 2 N–H and O–H groups in total. The van der Waals surface area contributed by atoms with Crippen LogP contribution in [0.1, 0.15) is 44.6 Å². The first-order chi connectivity index (χ1) is 9.66. The maximum absolute atomic E-state index is 14.4. The smallest absolute Gasteiger partial charge is 0.146 e. The summed E-state index contributed by atoms with van der Waals surface area (Å²) in [7, 11) is 0. The highest BCUT2D eigenvalue weighted by atomic mass is 19.1. The van der Waals surface area contributed by atoms with E-state index in [1.165, 1.54) is 32.1 Å². The van der Waals surface area contributed by atoms with Crippen molar-refractivity contribution in [3.8, 4) is 0 Å². The largest absolute Gasteiger partial charge is 0.366 e. The molecule has 0 aromatic heterocycles. The monoisotopic (exact) mass is 276 g/mol. The second-order valence-electron chi connectivity index (χ2n) is 6.52. The Bertz CT molecular complexity index is 472. The van der Waals surface area contributed by atoms with Gasteiger partial charge in [0, 0.05) is 18.6 Å². The lowest BCUT2D eigenvalue weighted by Crippen LogP contribution is -2.36. The van der Waals surface area contributed by atoms with Crippen LogP contribution in [0.3, 0.4) is 0 Å². The van der Waals surface area contributed by atoms with Gasteiger partial charge in [-0.15, -0.1) is 0 Å². The number of halogens is 1. The average molecular weight is 276 g/mol. The van der Waals surface area contributed by atoms with Crippen LogP contribution in [-0.4, -0.2) is 18.6 Å². The summed E-state index contributed by atoms with van der Waals surface area (Å²) >= 11 is 0. The number of rotatable bonds is 3. The minimum absolute atomic E-state index is 0.0697. The van der Waals surface area contributed by atoms with Crippen LogP contribution in [-0.2, 0) is 6.42 Å². The molecule has 3 rings (SSSR count). The van der Waals surface area contributed by atoms with Gasteiger partial charge in [0.2, 0.25) is 0 Å². The number of hydrogen-bond donors (Lipinski definition) is 1. The molecule has 1 aromatic rings. The molecule has 1 saturated heterocycles. The van der Waals surface area contributed by atoms with Gasteiger partial charge in [-0.05, 0) is 50.2 Å². The first-order valence-corrected chi connectivity index (χ1v) is 7.96. The van der Waals surface area contributed by atoms with E-state index in [2.05, 4.69) is 4.90 Å². The van der Waals surface area contributed by atoms with Crippen LogP contribution in [0.2, 0.25) is 0 Å². The van der Waals surface area contributed by atoms with Crippen LogP contribution in [0.4, 0.5) is 10.1 Å². The Labute approximate surface area is 121 Å². The fourth-order valence-electron chi connectivity index (χ4n) is 4.08. The Hall–Kier alpha value is -1.09. The summed E-state index contributed by atoms with van der Waals surface area (Å²) in [5.74, 6) is 0.695. The van der Waals surface area contributed by atoms with Crippen molar-refractivity contribution in [2.45, 2.75) is 57.5 Å². The Morgan fingerprint density at radius 3 is 2.90 bits per heavy atom. The van der Waals surface area contributed by atoms with Crippen LogP contribution in [0, 0.1) is 11.7 Å². The molecule has 3 unspecified atom stereocenters. The number of nitrogens with two attached hydrogens (primary N) is 1. The zero-order chi connectivity index (χ0) is 14.1. The van der Waals surface area contributed by atoms with Crippen LogP contribution in [0.5, 0.6) is 0 Å². The van der Waals surface area contributed by atoms with Crippen molar-refractivity contribution < 1.29 is 4.39 Å². The molecule has 1 aliphatic carbocycles. The van der Waals surface area contributed by atoms with Gasteiger partial charge < -0.3 is 10.6 Å². The zero-order valence-electron chi connectivity index (χ0n) is 12.3. The summed E-state index contributed by atoms with van der Waals surface area (Å²) in [5.41, 5.74) is 7.84. The highest BCUT2D eigenvalue weighted by Gasteiger charge is 2.37. The van der Waals surface area contributed by atoms with Crippen molar-refractivity contribution in [3.05, 3.63) is 29.6 Å². The molecule has 20 heavy (non-hydrogen) atoms. The molecular formula is C17H25FN2. The molecule has 0 amide bonds. The topological polar surface area (TPSA) is 29.3 Å². The highest BCUT2D eigenvalue weighted by molar-refractivity contribution is 5.57. The van der Waals surface area contributed by atoms with Crippen LogP contribution in [0.15, 0.2) is 18.2 Å². The van der Waals surface area contributed by atoms with Crippen molar-refractivity contribution in [1.82, 2.24) is 0 Å². The molecule has 1 aromatic carbocycles. The van der Waals surface area contributed by atoms with Gasteiger partial charge in [0.15, 0.2) is 0 Å². The van der Waals surface area contributed by atoms with Crippen molar-refractivity contribution in [2.24, 2.45) is 11.7 Å². The molecule has 1 heterocycles. The molecule has 0 spiro atoms. The van der Waals surface area contributed by atoms with E-state index in [9.17, 15) is 4.39 Å². The Morgan fingerprint density at radius 1 is 1.30 bits per heavy atom. The standard InChI is InChI=1S/C17H25FN2/c1-12(19)11-14-6-4-7-15(18)17(14)20-10-9-13-5-2-3-8-16(13)20/h4,6-7,12-13,16H,2-3,5,8-11,19H2,1H3. The predicted octanol–water partition coefficient (Wildman–Crippen LogP) is 3.48. The second kappa shape index (κ2) is 5.72. The maximum atomic E-state index is 14.4. The third-order valence-corrected chi connectivity index (χ3v) is 4.91. The molecule has 0 radical (unpaired) electrons. The summed E-state index contributed by atoms with van der Waals surface area (Å²) in [6.07, 6.45) is 7.14. The molecule has 0 bridgehead atoms. The maximum Gasteiger partial charge on any atom is 0.146 e. The number of benzene rings is 1. The van der Waals surface area contributed by atoms with E-state index >= 15 is 0 Å². The zero-order valence-corrected chi connectivity index (χ0v) is 12.3. The van der Waals surface area contributed by atoms with E-state index in [0.29, 0.717) is 6.04 Å². The third kappa shape index (κ3) is 2.56. The Morgan fingerprint density at radius 2 is 2.10 bits per heavy atom. The van der Waals surface area contributed by atoms with Gasteiger partial charge in [0.25, 0.3) is 0 Å². The summed E-state index contributed by atoms with van der Waals surface area (Å²) in [6.45, 7) is 2.99. The number of hydrogen-bond acceptors (Lipinski definition) is 2. The van der Waals surface area contributed by atoms with Gasteiger partial charge in [0.1, 0.15) is 5.82 Å². The summed E-state index contributed by atoms with van der Waals surface area (Å²) < 4.78 is 14.4. The summed E-state index contributed by atoms with van der Waals surface area (Å²) in [5, 5.41) is 0. The summed E-state index contributed by atoms with van der Waals surface area (Å²) in [4.78, 5) is 2.34. The van der Waals surface area contributed by atoms with Gasteiger partial charge in [-0.25, -0.2) is 4.39 Å². The average Bonchev–Trinajstić information content (AvgIpc) is 2.82. The van der Waals surface area contributed by atoms with Gasteiger partial charge in [0.05, 0.1) is 5.69 Å². The highest BCUT2D eigenvalue weighted by Crippen LogP contribution is 2.41. The number of anilines is 1. The summed E-state index contributed by atoms with van der Waals surface area (Å²) in [6, 6.07) is 6.06. The lowest BCUT2D eigenvalue weighted by Gasteiger charge is -2.34. The number of fused-ring (bicyclic) bond motifs is 1. The third-order valence-electron chi connectivity index (χ3n) is 4.91. The number of nitrogens with zero attached hydrogens (tertiary/aromatic N) is 1. The molecule has 110 valence electrons. The molecule has 2 fully saturated rings. The van der Waals surface area contributed by atoms with E-state index in [4.69, 9.17) is 5.73 Å². The van der Waals surface area contributed by atoms with Gasteiger partial charge >= 0.3 is 0 Å². The molecule has 2 nitrogen and oxygen atoms in total. The Kier molecular flexibility index (Phi) is 3.97. The van der Waals surface area contributed by atoms with E-state index in [-0.39, 0.29) is 11.9 Å². The number of para-hydroxylation sites is 1. The molecule has 1 saturated carbocycles. The molecular weight excluding hydrogens is 251 g/mol. The van der Waals surface area contributed by atoms with Gasteiger partial charge in [-0.1, -0.05) is 25.0 Å². The van der Waals surface area contributed by atoms with Crippen LogP contribution >= 0.6 is 0 Å². The van der Waals surface area contributed by atoms with Crippen molar-refractivity contribution >= 4 is 5.69 Å². The quantitative estimate of drug-likeness (QED) is 0.915. The first-order valence-electron chi connectivity index (χ1n) is 7.96. The molecule has 3 heteroatoms. The van der Waals surface area contributed by atoms with Gasteiger partial charge in [-0.2, -0.15) is 0 Å². The minimum atomic E-state index is -0.0747. The van der Waals surface area contributed by atoms with Crippen molar-refractivity contribution in [3.63, 3.8) is 0 Å².